The van der Waals surface area contributed by atoms with Crippen molar-refractivity contribution in [2.75, 3.05) is 0 Å². The summed E-state index contributed by atoms with van der Waals surface area (Å²) in [6.07, 6.45) is 0.896. The molecule has 0 aliphatic rings. The van der Waals surface area contributed by atoms with E-state index in [1.807, 2.05) is 42.5 Å². The predicted octanol–water partition coefficient (Wildman–Crippen LogP) is 4.98. The van der Waals surface area contributed by atoms with E-state index in [2.05, 4.69) is 22.1 Å². The molecule has 2 aromatic carbocycles. The number of hydrogen-bond donors (Lipinski definition) is 3. The number of hydrogen-bond acceptors (Lipinski definition) is 3. The van der Waals surface area contributed by atoms with Crippen molar-refractivity contribution in [3.8, 4) is 17.1 Å². The molecule has 0 saturated carbocycles. The highest BCUT2D eigenvalue weighted by Gasteiger charge is 2.21. The third-order valence-corrected chi connectivity index (χ3v) is 4.27. The van der Waals surface area contributed by atoms with E-state index >= 15 is 0 Å². The van der Waals surface area contributed by atoms with Crippen LogP contribution in [0.5, 0.6) is 5.88 Å². The Kier molecular flexibility index (Phi) is 2.94. The van der Waals surface area contributed by atoms with Crippen LogP contribution < -0.4 is 0 Å². The summed E-state index contributed by atoms with van der Waals surface area (Å²) >= 11 is 0. The first-order valence-corrected chi connectivity index (χ1v) is 7.51. The van der Waals surface area contributed by atoms with E-state index in [9.17, 15) is 10.0 Å². The number of aromatic hydroxyl groups is 1. The summed E-state index contributed by atoms with van der Waals surface area (Å²) in [5, 5.41) is 15.2. The average molecular weight is 305 g/mol. The Bertz CT molecular complexity index is 1040. The van der Waals surface area contributed by atoms with Crippen molar-refractivity contribution in [3.05, 3.63) is 52.9 Å². The molecule has 0 radical (unpaired) electrons. The van der Waals surface area contributed by atoms with Crippen molar-refractivity contribution in [3.63, 3.8) is 0 Å². The van der Waals surface area contributed by atoms with Crippen LogP contribution in [-0.2, 0) is 6.42 Å². The standard InChI is InChI=1S/C18H15N3O2/c1-2-10-7-8-14-12(9-10)15(18(22)20-14)17-16(21-23)11-5-3-4-6-13(11)19-17/h3-9,19-20,22H,2H2,1H3. The Hall–Kier alpha value is -3.08. The fourth-order valence-corrected chi connectivity index (χ4v) is 3.10. The molecule has 0 unspecified atom stereocenters. The van der Waals surface area contributed by atoms with Crippen molar-refractivity contribution in [1.29, 1.82) is 0 Å². The van der Waals surface area contributed by atoms with Gasteiger partial charge in [0.2, 0.25) is 0 Å². The van der Waals surface area contributed by atoms with Crippen molar-refractivity contribution in [1.82, 2.24) is 9.97 Å². The molecule has 2 aromatic heterocycles. The Labute approximate surface area is 131 Å². The van der Waals surface area contributed by atoms with Crippen molar-refractivity contribution in [2.24, 2.45) is 5.18 Å². The van der Waals surface area contributed by atoms with Gasteiger partial charge in [-0.05, 0) is 35.4 Å². The number of benzene rings is 2. The first kappa shape index (κ1) is 13.6. The smallest absolute Gasteiger partial charge is 0.199 e. The van der Waals surface area contributed by atoms with E-state index in [1.54, 1.807) is 0 Å². The van der Waals surface area contributed by atoms with Gasteiger partial charge in [0, 0.05) is 21.8 Å². The largest absolute Gasteiger partial charge is 0.494 e. The number of rotatable bonds is 3. The summed E-state index contributed by atoms with van der Waals surface area (Å²) in [6.45, 7) is 2.08. The maximum absolute atomic E-state index is 11.4. The molecule has 0 amide bonds. The van der Waals surface area contributed by atoms with Crippen LogP contribution in [0, 0.1) is 4.91 Å². The van der Waals surface area contributed by atoms with Crippen LogP contribution in [-0.4, -0.2) is 15.1 Å². The Morgan fingerprint density at radius 1 is 1.04 bits per heavy atom. The first-order valence-electron chi connectivity index (χ1n) is 7.51. The number of nitrogens with zero attached hydrogens (tertiary/aromatic N) is 1. The molecule has 0 bridgehead atoms. The zero-order valence-corrected chi connectivity index (χ0v) is 12.6. The van der Waals surface area contributed by atoms with Gasteiger partial charge in [0.25, 0.3) is 0 Å². The first-order chi connectivity index (χ1) is 11.2. The van der Waals surface area contributed by atoms with E-state index in [4.69, 9.17) is 0 Å². The maximum Gasteiger partial charge on any atom is 0.199 e. The van der Waals surface area contributed by atoms with Crippen molar-refractivity contribution in [2.45, 2.75) is 13.3 Å². The fraction of sp³-hybridized carbons (Fsp3) is 0.111. The number of aromatic amines is 2. The SMILES string of the molecule is CCc1ccc2[nH]c(O)c(-c3[nH]c4ccccc4c3N=O)c2c1. The van der Waals surface area contributed by atoms with Gasteiger partial charge in [-0.25, -0.2) is 0 Å². The van der Waals surface area contributed by atoms with Crippen molar-refractivity contribution >= 4 is 27.5 Å². The number of para-hydroxylation sites is 1. The Balaban J connectivity index is 2.09. The van der Waals surface area contributed by atoms with Gasteiger partial charge in [-0.2, -0.15) is 0 Å². The topological polar surface area (TPSA) is 81.2 Å². The second-order valence-corrected chi connectivity index (χ2v) is 5.57. The highest BCUT2D eigenvalue weighted by atomic mass is 16.3. The summed E-state index contributed by atoms with van der Waals surface area (Å²) in [5.74, 6) is 0.0321. The minimum atomic E-state index is 0.0321. The van der Waals surface area contributed by atoms with Crippen LogP contribution in [0.4, 0.5) is 5.69 Å². The molecule has 0 aliphatic carbocycles. The number of H-pyrrole nitrogens is 2. The molecular weight excluding hydrogens is 290 g/mol. The van der Waals surface area contributed by atoms with Gasteiger partial charge in [0.1, 0.15) is 5.69 Å². The average Bonchev–Trinajstić information content (AvgIpc) is 3.09. The molecule has 4 rings (SSSR count). The Morgan fingerprint density at radius 3 is 2.61 bits per heavy atom. The van der Waals surface area contributed by atoms with Gasteiger partial charge in [-0.15, -0.1) is 4.91 Å². The quantitative estimate of drug-likeness (QED) is 0.466. The second-order valence-electron chi connectivity index (χ2n) is 5.57. The lowest BCUT2D eigenvalue weighted by molar-refractivity contribution is 0.460. The van der Waals surface area contributed by atoms with Crippen LogP contribution in [0.3, 0.4) is 0 Å². The number of nitroso groups, excluding NO2 is 1. The Morgan fingerprint density at radius 2 is 1.83 bits per heavy atom. The van der Waals surface area contributed by atoms with E-state index in [0.717, 1.165) is 33.8 Å². The highest BCUT2D eigenvalue weighted by Crippen LogP contribution is 2.44. The van der Waals surface area contributed by atoms with Crippen LogP contribution in [0.15, 0.2) is 47.6 Å². The molecule has 23 heavy (non-hydrogen) atoms. The van der Waals surface area contributed by atoms with Crippen LogP contribution in [0.25, 0.3) is 33.1 Å². The molecule has 0 spiro atoms. The van der Waals surface area contributed by atoms with E-state index in [1.165, 1.54) is 0 Å². The molecule has 0 atom stereocenters. The molecule has 4 aromatic rings. The van der Waals surface area contributed by atoms with Crippen LogP contribution in [0.1, 0.15) is 12.5 Å². The van der Waals surface area contributed by atoms with Gasteiger partial charge in [0.15, 0.2) is 5.88 Å². The number of fused-ring (bicyclic) bond motifs is 2. The van der Waals surface area contributed by atoms with Crippen LogP contribution in [0.2, 0.25) is 0 Å². The molecule has 0 aliphatic heterocycles. The van der Waals surface area contributed by atoms with Gasteiger partial charge in [-0.1, -0.05) is 31.2 Å². The van der Waals surface area contributed by atoms with E-state index < -0.39 is 0 Å². The van der Waals surface area contributed by atoms with Gasteiger partial charge in [-0.3, -0.25) is 0 Å². The molecule has 0 saturated heterocycles. The van der Waals surface area contributed by atoms with Gasteiger partial charge in [0.05, 0.1) is 11.3 Å². The molecule has 3 N–H and O–H groups in total. The van der Waals surface area contributed by atoms with E-state index in [0.29, 0.717) is 16.9 Å². The molecule has 2 heterocycles. The highest BCUT2D eigenvalue weighted by molar-refractivity contribution is 6.07. The van der Waals surface area contributed by atoms with Gasteiger partial charge < -0.3 is 15.1 Å². The lowest BCUT2D eigenvalue weighted by atomic mass is 10.0. The zero-order chi connectivity index (χ0) is 16.0. The lowest BCUT2D eigenvalue weighted by Gasteiger charge is -2.01. The summed E-state index contributed by atoms with van der Waals surface area (Å²) < 4.78 is 0. The monoisotopic (exact) mass is 305 g/mol. The third-order valence-electron chi connectivity index (χ3n) is 4.27. The molecular formula is C18H15N3O2. The van der Waals surface area contributed by atoms with E-state index in [-0.39, 0.29) is 5.88 Å². The second kappa shape index (κ2) is 4.98. The normalized spacial score (nSPS) is 11.3. The summed E-state index contributed by atoms with van der Waals surface area (Å²) in [5.41, 5.74) is 4.25. The third kappa shape index (κ3) is 1.93. The van der Waals surface area contributed by atoms with Crippen molar-refractivity contribution < 1.29 is 5.11 Å². The summed E-state index contributed by atoms with van der Waals surface area (Å²) in [6, 6.07) is 13.5. The molecule has 5 nitrogen and oxygen atoms in total. The molecule has 5 heteroatoms. The minimum absolute atomic E-state index is 0.0321. The number of aryl methyl sites for hydroxylation is 1. The predicted molar refractivity (Wildman–Crippen MR) is 92.1 cm³/mol. The summed E-state index contributed by atoms with van der Waals surface area (Å²) in [4.78, 5) is 17.6. The number of aromatic nitrogens is 2. The molecule has 114 valence electrons. The molecule has 0 fully saturated rings. The summed E-state index contributed by atoms with van der Waals surface area (Å²) in [7, 11) is 0. The lowest BCUT2D eigenvalue weighted by Crippen LogP contribution is -1.81. The van der Waals surface area contributed by atoms with Crippen LogP contribution >= 0.6 is 0 Å². The van der Waals surface area contributed by atoms with Gasteiger partial charge >= 0.3 is 0 Å². The fourth-order valence-electron chi connectivity index (χ4n) is 3.10. The minimum Gasteiger partial charge on any atom is -0.494 e. The zero-order valence-electron chi connectivity index (χ0n) is 12.6. The maximum atomic E-state index is 11.4. The number of nitrogens with one attached hydrogen (secondary N) is 2.